The fourth-order valence-corrected chi connectivity index (χ4v) is 2.54. The van der Waals surface area contributed by atoms with E-state index in [1.54, 1.807) is 11.3 Å². The van der Waals surface area contributed by atoms with E-state index in [1.807, 2.05) is 6.92 Å². The third kappa shape index (κ3) is 1.68. The van der Waals surface area contributed by atoms with E-state index in [4.69, 9.17) is 4.84 Å². The molecule has 0 aliphatic carbocycles. The number of aryl methyl sites for hydroxylation is 1. The van der Waals surface area contributed by atoms with Crippen molar-refractivity contribution in [3.05, 3.63) is 21.9 Å². The minimum Gasteiger partial charge on any atom is -0.388 e. The van der Waals surface area contributed by atoms with E-state index in [9.17, 15) is 0 Å². The second kappa shape index (κ2) is 3.59. The Kier molecular flexibility index (Phi) is 2.58. The van der Waals surface area contributed by atoms with Crippen LogP contribution in [0.4, 0.5) is 0 Å². The van der Waals surface area contributed by atoms with Crippen LogP contribution in [0.3, 0.4) is 0 Å². The number of hydrogen-bond donors (Lipinski definition) is 1. The van der Waals surface area contributed by atoms with Gasteiger partial charge < -0.3 is 4.84 Å². The first-order valence-corrected chi connectivity index (χ1v) is 6.06. The average Bonchev–Trinajstić information content (AvgIpc) is 2.73. The standard InChI is InChI=1S/C10H13NOS2/c1-7-3-4-14-9(7)8-5-10(2,6-13)12-11-8/h3-4,13H,5-6H2,1-2H3. The summed E-state index contributed by atoms with van der Waals surface area (Å²) in [5.74, 6) is 0.699. The van der Waals surface area contributed by atoms with E-state index in [1.165, 1.54) is 10.4 Å². The summed E-state index contributed by atoms with van der Waals surface area (Å²) in [7, 11) is 0. The molecule has 0 N–H and O–H groups in total. The Morgan fingerprint density at radius 1 is 1.71 bits per heavy atom. The zero-order valence-corrected chi connectivity index (χ0v) is 9.99. The Hall–Kier alpha value is -0.480. The zero-order chi connectivity index (χ0) is 10.2. The molecule has 1 aliphatic rings. The molecule has 4 heteroatoms. The SMILES string of the molecule is Cc1ccsc1C1=NOC(C)(CS)C1. The van der Waals surface area contributed by atoms with Gasteiger partial charge in [-0.05, 0) is 30.9 Å². The molecule has 1 aromatic heterocycles. The molecule has 0 bridgehead atoms. The molecular formula is C10H13NOS2. The Balaban J connectivity index is 2.21. The number of thiol groups is 1. The van der Waals surface area contributed by atoms with Crippen molar-refractivity contribution in [2.45, 2.75) is 25.9 Å². The number of nitrogens with zero attached hydrogens (tertiary/aromatic N) is 1. The average molecular weight is 227 g/mol. The molecule has 2 heterocycles. The van der Waals surface area contributed by atoms with Gasteiger partial charge in [0, 0.05) is 12.2 Å². The fraction of sp³-hybridized carbons (Fsp3) is 0.500. The van der Waals surface area contributed by atoms with E-state index in [-0.39, 0.29) is 5.60 Å². The normalized spacial score (nSPS) is 26.1. The highest BCUT2D eigenvalue weighted by Gasteiger charge is 2.34. The summed E-state index contributed by atoms with van der Waals surface area (Å²) in [4.78, 5) is 6.65. The maximum Gasteiger partial charge on any atom is 0.149 e. The lowest BCUT2D eigenvalue weighted by molar-refractivity contribution is 0.0166. The smallest absolute Gasteiger partial charge is 0.149 e. The molecule has 0 spiro atoms. The predicted molar refractivity (Wildman–Crippen MR) is 63.6 cm³/mol. The Bertz CT molecular complexity index is 372. The van der Waals surface area contributed by atoms with Gasteiger partial charge >= 0.3 is 0 Å². The second-order valence-electron chi connectivity index (χ2n) is 3.85. The van der Waals surface area contributed by atoms with Crippen LogP contribution in [-0.4, -0.2) is 17.1 Å². The topological polar surface area (TPSA) is 21.6 Å². The molecule has 2 nitrogen and oxygen atoms in total. The van der Waals surface area contributed by atoms with Crippen molar-refractivity contribution < 1.29 is 4.84 Å². The first-order valence-electron chi connectivity index (χ1n) is 4.55. The predicted octanol–water partition coefficient (Wildman–Crippen LogP) is 2.87. The maximum absolute atomic E-state index is 5.40. The van der Waals surface area contributed by atoms with Gasteiger partial charge in [-0.1, -0.05) is 5.16 Å². The summed E-state index contributed by atoms with van der Waals surface area (Å²) in [5.41, 5.74) is 2.13. The zero-order valence-electron chi connectivity index (χ0n) is 8.28. The molecule has 2 rings (SSSR count). The van der Waals surface area contributed by atoms with Gasteiger partial charge in [-0.15, -0.1) is 11.3 Å². The summed E-state index contributed by atoms with van der Waals surface area (Å²) in [6, 6.07) is 2.11. The minimum absolute atomic E-state index is 0.213. The van der Waals surface area contributed by atoms with E-state index < -0.39 is 0 Å². The Labute approximate surface area is 93.4 Å². The Morgan fingerprint density at radius 2 is 2.50 bits per heavy atom. The first kappa shape index (κ1) is 10.1. The monoisotopic (exact) mass is 227 g/mol. The molecule has 0 radical (unpaired) electrons. The fourth-order valence-electron chi connectivity index (χ4n) is 1.46. The van der Waals surface area contributed by atoms with Crippen molar-refractivity contribution in [2.75, 3.05) is 5.75 Å². The summed E-state index contributed by atoms with van der Waals surface area (Å²) in [6.45, 7) is 4.14. The summed E-state index contributed by atoms with van der Waals surface area (Å²) >= 11 is 5.99. The first-order chi connectivity index (χ1) is 6.64. The van der Waals surface area contributed by atoms with E-state index in [2.05, 4.69) is 36.2 Å². The van der Waals surface area contributed by atoms with E-state index in [0.717, 1.165) is 12.1 Å². The molecule has 0 fully saturated rings. The van der Waals surface area contributed by atoms with Crippen LogP contribution in [0, 0.1) is 6.92 Å². The number of hydrogen-bond acceptors (Lipinski definition) is 4. The molecule has 1 unspecified atom stereocenters. The third-order valence-corrected chi connectivity index (χ3v) is 4.11. The molecule has 1 aliphatic heterocycles. The highest BCUT2D eigenvalue weighted by Crippen LogP contribution is 2.30. The lowest BCUT2D eigenvalue weighted by Gasteiger charge is -2.17. The molecule has 0 saturated heterocycles. The summed E-state index contributed by atoms with van der Waals surface area (Å²) in [6.07, 6.45) is 0.859. The minimum atomic E-state index is -0.213. The lowest BCUT2D eigenvalue weighted by Crippen LogP contribution is -2.26. The van der Waals surface area contributed by atoms with Gasteiger partial charge in [0.2, 0.25) is 0 Å². The lowest BCUT2D eigenvalue weighted by atomic mass is 10.0. The van der Waals surface area contributed by atoms with Crippen LogP contribution in [0.2, 0.25) is 0 Å². The van der Waals surface area contributed by atoms with E-state index in [0.29, 0.717) is 5.75 Å². The van der Waals surface area contributed by atoms with Crippen LogP contribution in [0.25, 0.3) is 0 Å². The quantitative estimate of drug-likeness (QED) is 0.771. The van der Waals surface area contributed by atoms with Crippen molar-refractivity contribution in [1.29, 1.82) is 0 Å². The molecule has 0 aromatic carbocycles. The van der Waals surface area contributed by atoms with Crippen LogP contribution in [0.5, 0.6) is 0 Å². The van der Waals surface area contributed by atoms with Crippen molar-refractivity contribution in [1.82, 2.24) is 0 Å². The van der Waals surface area contributed by atoms with Crippen molar-refractivity contribution in [2.24, 2.45) is 5.16 Å². The van der Waals surface area contributed by atoms with Crippen LogP contribution >= 0.6 is 24.0 Å². The van der Waals surface area contributed by atoms with Crippen molar-refractivity contribution >= 4 is 29.7 Å². The second-order valence-corrected chi connectivity index (χ2v) is 5.08. The molecule has 14 heavy (non-hydrogen) atoms. The van der Waals surface area contributed by atoms with Gasteiger partial charge in [0.05, 0.1) is 4.88 Å². The molecule has 76 valence electrons. The maximum atomic E-state index is 5.40. The number of oxime groups is 1. The Morgan fingerprint density at radius 3 is 3.00 bits per heavy atom. The summed E-state index contributed by atoms with van der Waals surface area (Å²) < 4.78 is 0. The highest BCUT2D eigenvalue weighted by molar-refractivity contribution is 7.80. The third-order valence-electron chi connectivity index (χ3n) is 2.38. The van der Waals surface area contributed by atoms with Crippen LogP contribution < -0.4 is 0 Å². The largest absolute Gasteiger partial charge is 0.388 e. The summed E-state index contributed by atoms with van der Waals surface area (Å²) in [5, 5.41) is 6.23. The van der Waals surface area contributed by atoms with Crippen LogP contribution in [0.1, 0.15) is 23.8 Å². The number of thiophene rings is 1. The van der Waals surface area contributed by atoms with Gasteiger partial charge in [-0.2, -0.15) is 12.6 Å². The number of rotatable bonds is 2. The van der Waals surface area contributed by atoms with Crippen molar-refractivity contribution in [3.63, 3.8) is 0 Å². The van der Waals surface area contributed by atoms with E-state index >= 15 is 0 Å². The van der Waals surface area contributed by atoms with Crippen LogP contribution in [-0.2, 0) is 4.84 Å². The molecule has 1 atom stereocenters. The molecule has 0 saturated carbocycles. The van der Waals surface area contributed by atoms with Gasteiger partial charge in [-0.25, -0.2) is 0 Å². The van der Waals surface area contributed by atoms with Crippen molar-refractivity contribution in [3.8, 4) is 0 Å². The highest BCUT2D eigenvalue weighted by atomic mass is 32.1. The molecular weight excluding hydrogens is 214 g/mol. The van der Waals surface area contributed by atoms with Gasteiger partial charge in [0.25, 0.3) is 0 Å². The molecule has 0 amide bonds. The molecule has 1 aromatic rings. The van der Waals surface area contributed by atoms with Gasteiger partial charge in [0.1, 0.15) is 11.3 Å². The van der Waals surface area contributed by atoms with Crippen LogP contribution in [0.15, 0.2) is 16.6 Å². The van der Waals surface area contributed by atoms with Gasteiger partial charge in [-0.3, -0.25) is 0 Å². The van der Waals surface area contributed by atoms with Gasteiger partial charge in [0.15, 0.2) is 0 Å².